The number of benzene rings is 1. The average Bonchev–Trinajstić information content (AvgIpc) is 2.85. The molecule has 0 fully saturated rings. The van der Waals surface area contributed by atoms with E-state index in [4.69, 9.17) is 4.98 Å². The molecule has 0 aliphatic carbocycles. The van der Waals surface area contributed by atoms with E-state index < -0.39 is 0 Å². The van der Waals surface area contributed by atoms with E-state index in [1.54, 1.807) is 4.68 Å². The number of anilines is 1. The van der Waals surface area contributed by atoms with Gasteiger partial charge in [0.25, 0.3) is 5.91 Å². The smallest absolute Gasteiger partial charge is 0.259 e. The first-order chi connectivity index (χ1) is 13.4. The number of hydrogen-bond donors (Lipinski definition) is 0. The monoisotopic (exact) mass is 394 g/mol. The molecule has 1 amide bonds. The Balaban J connectivity index is 1.90. The number of para-hydroxylation sites is 1. The minimum Gasteiger partial charge on any atom is -0.307 e. The summed E-state index contributed by atoms with van der Waals surface area (Å²) in [4.78, 5) is 21.7. The van der Waals surface area contributed by atoms with E-state index in [1.165, 1.54) is 0 Å². The zero-order chi connectivity index (χ0) is 20.0. The first-order valence-electron chi connectivity index (χ1n) is 9.78. The van der Waals surface area contributed by atoms with Gasteiger partial charge in [-0.05, 0) is 37.5 Å². The Bertz CT molecular complexity index is 1060. The summed E-state index contributed by atoms with van der Waals surface area (Å²) < 4.78 is 1.78. The minimum absolute atomic E-state index is 0.0348. The summed E-state index contributed by atoms with van der Waals surface area (Å²) in [6.07, 6.45) is 0.961. The van der Waals surface area contributed by atoms with Gasteiger partial charge in [0, 0.05) is 29.4 Å². The molecule has 0 spiro atoms. The number of amides is 1. The van der Waals surface area contributed by atoms with Crippen molar-refractivity contribution in [3.8, 4) is 0 Å². The normalized spacial score (nSPS) is 17.1. The molecule has 0 N–H and O–H groups in total. The fourth-order valence-corrected chi connectivity index (χ4v) is 4.88. The predicted octanol–water partition coefficient (Wildman–Crippen LogP) is 4.93. The Morgan fingerprint density at radius 1 is 1.29 bits per heavy atom. The zero-order valence-corrected chi connectivity index (χ0v) is 17.9. The lowest BCUT2D eigenvalue weighted by Gasteiger charge is -2.23. The molecule has 0 radical (unpaired) electrons. The van der Waals surface area contributed by atoms with Crippen molar-refractivity contribution in [3.05, 3.63) is 47.3 Å². The number of rotatable bonds is 2. The summed E-state index contributed by atoms with van der Waals surface area (Å²) in [7, 11) is 1.89. The van der Waals surface area contributed by atoms with Gasteiger partial charge in [-0.15, -0.1) is 11.8 Å². The number of fused-ring (bicyclic) bond motifs is 2. The van der Waals surface area contributed by atoms with Gasteiger partial charge in [-0.1, -0.05) is 32.9 Å². The van der Waals surface area contributed by atoms with Crippen LogP contribution in [0, 0.1) is 6.92 Å². The molecular weight excluding hydrogens is 368 g/mol. The van der Waals surface area contributed by atoms with Crippen LogP contribution in [-0.4, -0.2) is 32.5 Å². The van der Waals surface area contributed by atoms with Crippen LogP contribution >= 0.6 is 11.8 Å². The SMILES string of the molecule is Cc1nn(C)c2nc(C(C)C)cc(C(=O)N3CC[C@H](C)Sc4ccccc43)c12. The van der Waals surface area contributed by atoms with Crippen LogP contribution in [0.1, 0.15) is 54.9 Å². The second kappa shape index (κ2) is 7.24. The van der Waals surface area contributed by atoms with Crippen molar-refractivity contribution in [1.82, 2.24) is 14.8 Å². The molecule has 4 rings (SSSR count). The van der Waals surface area contributed by atoms with Gasteiger partial charge < -0.3 is 4.90 Å². The highest BCUT2D eigenvalue weighted by atomic mass is 32.2. The van der Waals surface area contributed by atoms with Gasteiger partial charge in [0.05, 0.1) is 22.3 Å². The quantitative estimate of drug-likeness (QED) is 0.618. The van der Waals surface area contributed by atoms with Crippen molar-refractivity contribution < 1.29 is 4.79 Å². The van der Waals surface area contributed by atoms with Gasteiger partial charge in [0.15, 0.2) is 5.65 Å². The first kappa shape index (κ1) is 19.0. The number of carbonyl (C=O) groups excluding carboxylic acids is 1. The zero-order valence-electron chi connectivity index (χ0n) is 17.1. The molecule has 0 saturated heterocycles. The van der Waals surface area contributed by atoms with Gasteiger partial charge in [0.2, 0.25) is 0 Å². The van der Waals surface area contributed by atoms with Crippen LogP contribution in [0.25, 0.3) is 11.0 Å². The number of nitrogens with zero attached hydrogens (tertiary/aromatic N) is 4. The molecule has 6 heteroatoms. The van der Waals surface area contributed by atoms with Crippen LogP contribution in [0.5, 0.6) is 0 Å². The average molecular weight is 395 g/mol. The van der Waals surface area contributed by atoms with Crippen molar-refractivity contribution in [2.75, 3.05) is 11.4 Å². The highest BCUT2D eigenvalue weighted by molar-refractivity contribution is 8.00. The second-order valence-corrected chi connectivity index (χ2v) is 9.28. The molecule has 0 bridgehead atoms. The molecule has 3 aromatic rings. The number of hydrogen-bond acceptors (Lipinski definition) is 4. The molecule has 5 nitrogen and oxygen atoms in total. The third kappa shape index (κ3) is 3.20. The summed E-state index contributed by atoms with van der Waals surface area (Å²) in [6.45, 7) is 9.09. The molecular formula is C22H26N4OS. The molecule has 28 heavy (non-hydrogen) atoms. The third-order valence-corrected chi connectivity index (χ3v) is 6.54. The Morgan fingerprint density at radius 2 is 2.04 bits per heavy atom. The van der Waals surface area contributed by atoms with Crippen LogP contribution in [0.3, 0.4) is 0 Å². The number of carbonyl (C=O) groups is 1. The van der Waals surface area contributed by atoms with E-state index in [0.29, 0.717) is 17.4 Å². The minimum atomic E-state index is 0.0348. The lowest BCUT2D eigenvalue weighted by molar-refractivity contribution is 0.0988. The van der Waals surface area contributed by atoms with Crippen molar-refractivity contribution >= 4 is 34.4 Å². The van der Waals surface area contributed by atoms with Gasteiger partial charge in [-0.3, -0.25) is 9.48 Å². The molecule has 1 aliphatic heterocycles. The largest absolute Gasteiger partial charge is 0.307 e. The maximum Gasteiger partial charge on any atom is 0.259 e. The summed E-state index contributed by atoms with van der Waals surface area (Å²) >= 11 is 1.85. The van der Waals surface area contributed by atoms with Crippen LogP contribution in [0.4, 0.5) is 5.69 Å². The number of aryl methyl sites for hydroxylation is 2. The second-order valence-electron chi connectivity index (χ2n) is 7.80. The van der Waals surface area contributed by atoms with Gasteiger partial charge in [-0.25, -0.2) is 4.98 Å². The molecule has 1 aromatic carbocycles. The van der Waals surface area contributed by atoms with E-state index in [2.05, 4.69) is 38.0 Å². The van der Waals surface area contributed by atoms with Crippen LogP contribution < -0.4 is 4.90 Å². The Hall–Kier alpha value is -2.34. The highest BCUT2D eigenvalue weighted by Gasteiger charge is 2.28. The van der Waals surface area contributed by atoms with E-state index in [1.807, 2.05) is 48.8 Å². The van der Waals surface area contributed by atoms with E-state index in [9.17, 15) is 4.79 Å². The van der Waals surface area contributed by atoms with Gasteiger partial charge in [0.1, 0.15) is 0 Å². The Kier molecular flexibility index (Phi) is 4.91. The lowest BCUT2D eigenvalue weighted by atomic mass is 10.0. The highest BCUT2D eigenvalue weighted by Crippen LogP contribution is 2.38. The van der Waals surface area contributed by atoms with Crippen molar-refractivity contribution in [2.45, 2.75) is 50.2 Å². The summed E-state index contributed by atoms with van der Waals surface area (Å²) in [5.41, 5.74) is 4.24. The van der Waals surface area contributed by atoms with Gasteiger partial charge in [-0.2, -0.15) is 5.10 Å². The number of aromatic nitrogens is 3. The Morgan fingerprint density at radius 3 is 2.79 bits per heavy atom. The van der Waals surface area contributed by atoms with Crippen LogP contribution in [-0.2, 0) is 7.05 Å². The molecule has 1 atom stereocenters. The van der Waals surface area contributed by atoms with Crippen molar-refractivity contribution in [3.63, 3.8) is 0 Å². The van der Waals surface area contributed by atoms with Crippen LogP contribution in [0.15, 0.2) is 35.2 Å². The molecule has 0 unspecified atom stereocenters. The maximum atomic E-state index is 13.8. The van der Waals surface area contributed by atoms with E-state index in [-0.39, 0.29) is 11.8 Å². The van der Waals surface area contributed by atoms with Crippen LogP contribution in [0.2, 0.25) is 0 Å². The van der Waals surface area contributed by atoms with Crippen molar-refractivity contribution in [1.29, 1.82) is 0 Å². The lowest BCUT2D eigenvalue weighted by Crippen LogP contribution is -2.32. The standard InChI is InChI=1S/C22H26N4OS/c1-13(2)17-12-16(20-15(4)24-25(5)21(20)23-17)22(27)26-11-10-14(3)28-19-9-7-6-8-18(19)26/h6-9,12-14H,10-11H2,1-5H3/t14-/m0/s1. The Labute approximate surface area is 170 Å². The molecule has 1 aliphatic rings. The predicted molar refractivity (Wildman–Crippen MR) is 115 cm³/mol. The summed E-state index contributed by atoms with van der Waals surface area (Å²) in [5, 5.41) is 5.87. The molecule has 3 heterocycles. The van der Waals surface area contributed by atoms with Crippen molar-refractivity contribution in [2.24, 2.45) is 7.05 Å². The van der Waals surface area contributed by atoms with E-state index in [0.717, 1.165) is 39.4 Å². The summed E-state index contributed by atoms with van der Waals surface area (Å²) in [5.74, 6) is 0.269. The third-order valence-electron chi connectivity index (χ3n) is 5.30. The first-order valence-corrected chi connectivity index (χ1v) is 10.7. The maximum absolute atomic E-state index is 13.8. The molecule has 0 saturated carbocycles. The topological polar surface area (TPSA) is 51.0 Å². The fourth-order valence-electron chi connectivity index (χ4n) is 3.77. The van der Waals surface area contributed by atoms with Gasteiger partial charge >= 0.3 is 0 Å². The fraction of sp³-hybridized carbons (Fsp3) is 0.409. The molecule has 146 valence electrons. The summed E-state index contributed by atoms with van der Waals surface area (Å²) in [6, 6.07) is 10.2. The number of thioether (sulfide) groups is 1. The number of pyridine rings is 1. The molecule has 2 aromatic heterocycles. The van der Waals surface area contributed by atoms with E-state index >= 15 is 0 Å².